The quantitative estimate of drug-likeness (QED) is 0.615. The molecular weight excluding hydrogens is 202 g/mol. The van der Waals surface area contributed by atoms with E-state index in [0.29, 0.717) is 0 Å². The van der Waals surface area contributed by atoms with E-state index in [0.717, 1.165) is 27.3 Å². The molecule has 2 rings (SSSR count). The van der Waals surface area contributed by atoms with Crippen molar-refractivity contribution >= 4 is 29.1 Å². The van der Waals surface area contributed by atoms with Crippen molar-refractivity contribution in [3.05, 3.63) is 23.2 Å². The van der Waals surface area contributed by atoms with Gasteiger partial charge in [-0.3, -0.25) is 0 Å². The van der Waals surface area contributed by atoms with Gasteiger partial charge in [0.25, 0.3) is 0 Å². The van der Waals surface area contributed by atoms with Crippen LogP contribution in [0.1, 0.15) is 12.8 Å². The first-order valence-electron chi connectivity index (χ1n) is 4.44. The summed E-state index contributed by atoms with van der Waals surface area (Å²) in [5.41, 5.74) is 6.63. The highest BCUT2D eigenvalue weighted by Gasteiger charge is 2.21. The van der Waals surface area contributed by atoms with Gasteiger partial charge in [-0.25, -0.2) is 0 Å². The topological polar surface area (TPSA) is 26.0 Å². The largest absolute Gasteiger partial charge is 0.398 e. The molecule has 1 aromatic carbocycles. The van der Waals surface area contributed by atoms with Gasteiger partial charge in [-0.05, 0) is 30.9 Å². The van der Waals surface area contributed by atoms with Crippen molar-refractivity contribution in [3.8, 4) is 0 Å². The molecule has 0 aromatic heterocycles. The number of benzene rings is 1. The number of halogens is 1. The molecule has 0 saturated heterocycles. The van der Waals surface area contributed by atoms with Crippen molar-refractivity contribution in [3.63, 3.8) is 0 Å². The highest BCUT2D eigenvalue weighted by Crippen LogP contribution is 2.39. The molecule has 0 aliphatic heterocycles. The Labute approximate surface area is 87.7 Å². The van der Waals surface area contributed by atoms with Gasteiger partial charge in [-0.15, -0.1) is 11.8 Å². The number of rotatable bonds is 3. The van der Waals surface area contributed by atoms with E-state index in [1.54, 1.807) is 11.8 Å². The Morgan fingerprint density at radius 2 is 2.23 bits per heavy atom. The van der Waals surface area contributed by atoms with Crippen molar-refractivity contribution in [1.82, 2.24) is 0 Å². The number of hydrogen-bond donors (Lipinski definition) is 1. The summed E-state index contributed by atoms with van der Waals surface area (Å²) in [6.07, 6.45) is 2.74. The van der Waals surface area contributed by atoms with Crippen molar-refractivity contribution in [2.75, 3.05) is 11.5 Å². The fourth-order valence-electron chi connectivity index (χ4n) is 1.16. The van der Waals surface area contributed by atoms with Gasteiger partial charge in [0.1, 0.15) is 0 Å². The van der Waals surface area contributed by atoms with Crippen LogP contribution >= 0.6 is 23.4 Å². The van der Waals surface area contributed by atoms with Crippen LogP contribution in [0.3, 0.4) is 0 Å². The molecule has 0 amide bonds. The molecule has 70 valence electrons. The number of nitrogens with two attached hydrogens (primary N) is 1. The van der Waals surface area contributed by atoms with Crippen molar-refractivity contribution < 1.29 is 0 Å². The highest BCUT2D eigenvalue weighted by atomic mass is 35.5. The third-order valence-corrected chi connectivity index (χ3v) is 3.97. The number of nitrogen functional groups attached to an aromatic ring is 1. The Bertz CT molecular complexity index is 290. The summed E-state index contributed by atoms with van der Waals surface area (Å²) in [7, 11) is 0. The van der Waals surface area contributed by atoms with Gasteiger partial charge in [0.05, 0.1) is 5.02 Å². The summed E-state index contributed by atoms with van der Waals surface area (Å²) < 4.78 is 0. The number of thioether (sulfide) groups is 1. The highest BCUT2D eigenvalue weighted by molar-refractivity contribution is 7.99. The smallest absolute Gasteiger partial charge is 0.0562 e. The van der Waals surface area contributed by atoms with Gasteiger partial charge in [0.2, 0.25) is 0 Å². The minimum Gasteiger partial charge on any atom is -0.398 e. The van der Waals surface area contributed by atoms with E-state index in [1.807, 2.05) is 18.2 Å². The molecule has 13 heavy (non-hydrogen) atoms. The molecule has 3 heteroatoms. The van der Waals surface area contributed by atoms with Crippen LogP contribution in [-0.2, 0) is 0 Å². The fourth-order valence-corrected chi connectivity index (χ4v) is 2.69. The average Bonchev–Trinajstić information content (AvgIpc) is 2.87. The third kappa shape index (κ3) is 2.32. The average molecular weight is 214 g/mol. The molecule has 0 atom stereocenters. The Morgan fingerprint density at radius 1 is 1.46 bits per heavy atom. The number of hydrogen-bond acceptors (Lipinski definition) is 2. The lowest BCUT2D eigenvalue weighted by atomic mass is 10.3. The lowest BCUT2D eigenvalue weighted by Gasteiger charge is -2.06. The molecule has 0 radical (unpaired) electrons. The van der Waals surface area contributed by atoms with Crippen molar-refractivity contribution in [1.29, 1.82) is 0 Å². The molecule has 1 saturated carbocycles. The molecule has 1 aliphatic carbocycles. The molecule has 0 bridgehead atoms. The predicted molar refractivity (Wildman–Crippen MR) is 59.3 cm³/mol. The summed E-state index contributed by atoms with van der Waals surface area (Å²) >= 11 is 7.82. The first kappa shape index (κ1) is 9.22. The SMILES string of the molecule is Nc1cccc(Cl)c1SCC1CC1. The van der Waals surface area contributed by atoms with Gasteiger partial charge in [-0.2, -0.15) is 0 Å². The van der Waals surface area contributed by atoms with E-state index in [1.165, 1.54) is 12.8 Å². The Morgan fingerprint density at radius 3 is 2.85 bits per heavy atom. The van der Waals surface area contributed by atoms with E-state index in [4.69, 9.17) is 17.3 Å². The Kier molecular flexibility index (Phi) is 2.70. The van der Waals surface area contributed by atoms with Gasteiger partial charge in [0, 0.05) is 16.3 Å². The predicted octanol–water partition coefficient (Wildman–Crippen LogP) is 3.42. The van der Waals surface area contributed by atoms with Gasteiger partial charge < -0.3 is 5.73 Å². The Hall–Kier alpha value is -0.340. The summed E-state index contributed by atoms with van der Waals surface area (Å²) in [4.78, 5) is 1.05. The van der Waals surface area contributed by atoms with Crippen molar-refractivity contribution in [2.45, 2.75) is 17.7 Å². The van der Waals surface area contributed by atoms with Gasteiger partial charge in [0.15, 0.2) is 0 Å². The summed E-state index contributed by atoms with van der Waals surface area (Å²) in [5, 5.41) is 0.783. The van der Waals surface area contributed by atoms with E-state index in [9.17, 15) is 0 Å². The lowest BCUT2D eigenvalue weighted by Crippen LogP contribution is -1.90. The minimum atomic E-state index is 0.783. The van der Waals surface area contributed by atoms with Crippen LogP contribution < -0.4 is 5.73 Å². The summed E-state index contributed by atoms with van der Waals surface area (Å²) in [5.74, 6) is 2.06. The molecule has 2 N–H and O–H groups in total. The first-order valence-corrected chi connectivity index (χ1v) is 5.80. The molecule has 1 fully saturated rings. The molecule has 1 aromatic rings. The monoisotopic (exact) mass is 213 g/mol. The Balaban J connectivity index is 2.07. The normalized spacial score (nSPS) is 16.1. The maximum atomic E-state index is 6.03. The fraction of sp³-hybridized carbons (Fsp3) is 0.400. The molecule has 0 heterocycles. The van der Waals surface area contributed by atoms with Crippen LogP contribution in [0.4, 0.5) is 5.69 Å². The van der Waals surface area contributed by atoms with Crippen LogP contribution in [0.2, 0.25) is 5.02 Å². The minimum absolute atomic E-state index is 0.783. The summed E-state index contributed by atoms with van der Waals surface area (Å²) in [6.45, 7) is 0. The maximum absolute atomic E-state index is 6.03. The van der Waals surface area contributed by atoms with Crippen LogP contribution in [0.25, 0.3) is 0 Å². The van der Waals surface area contributed by atoms with E-state index in [2.05, 4.69) is 0 Å². The van der Waals surface area contributed by atoms with E-state index in [-0.39, 0.29) is 0 Å². The third-order valence-electron chi connectivity index (χ3n) is 2.16. The molecular formula is C10H12ClNS. The summed E-state index contributed by atoms with van der Waals surface area (Å²) in [6, 6.07) is 5.69. The van der Waals surface area contributed by atoms with Crippen LogP contribution in [0, 0.1) is 5.92 Å². The standard InChI is InChI=1S/C10H12ClNS/c11-8-2-1-3-9(12)10(8)13-6-7-4-5-7/h1-3,7H,4-6,12H2. The molecule has 1 aliphatic rings. The number of anilines is 1. The molecule has 0 unspecified atom stereocenters. The zero-order valence-electron chi connectivity index (χ0n) is 7.29. The van der Waals surface area contributed by atoms with E-state index < -0.39 is 0 Å². The lowest BCUT2D eigenvalue weighted by molar-refractivity contribution is 1.00. The zero-order valence-corrected chi connectivity index (χ0v) is 8.87. The second-order valence-electron chi connectivity index (χ2n) is 3.41. The van der Waals surface area contributed by atoms with Crippen LogP contribution in [0.5, 0.6) is 0 Å². The van der Waals surface area contributed by atoms with Gasteiger partial charge in [-0.1, -0.05) is 17.7 Å². The van der Waals surface area contributed by atoms with Crippen LogP contribution in [0.15, 0.2) is 23.1 Å². The maximum Gasteiger partial charge on any atom is 0.0562 e. The van der Waals surface area contributed by atoms with Crippen LogP contribution in [-0.4, -0.2) is 5.75 Å². The second kappa shape index (κ2) is 3.81. The molecule has 1 nitrogen and oxygen atoms in total. The van der Waals surface area contributed by atoms with E-state index >= 15 is 0 Å². The second-order valence-corrected chi connectivity index (χ2v) is 4.85. The van der Waals surface area contributed by atoms with Gasteiger partial charge >= 0.3 is 0 Å². The first-order chi connectivity index (χ1) is 6.27. The van der Waals surface area contributed by atoms with Crippen molar-refractivity contribution in [2.24, 2.45) is 5.92 Å². The zero-order chi connectivity index (χ0) is 9.26. The molecule has 0 spiro atoms.